The van der Waals surface area contributed by atoms with Crippen molar-refractivity contribution in [1.29, 1.82) is 0 Å². The molecule has 0 saturated carbocycles. The van der Waals surface area contributed by atoms with Crippen LogP contribution in [-0.4, -0.2) is 41.5 Å². The average molecular weight is 333 g/mol. The zero-order chi connectivity index (χ0) is 18.0. The second kappa shape index (κ2) is 6.63. The molecule has 0 bridgehead atoms. The monoisotopic (exact) mass is 333 g/mol. The number of methoxy groups -OCH3 is 1. The number of esters is 1. The molecule has 1 aromatic carbocycles. The van der Waals surface area contributed by atoms with Gasteiger partial charge in [0.05, 0.1) is 13.2 Å². The third-order valence-electron chi connectivity index (χ3n) is 4.05. The molecule has 0 radical (unpaired) electrons. The second-order valence-electron chi connectivity index (χ2n) is 6.85. The number of likely N-dealkylation sites (tertiary alicyclic amines) is 1. The number of ether oxygens (including phenoxy) is 2. The van der Waals surface area contributed by atoms with Crippen LogP contribution in [-0.2, 0) is 19.1 Å². The van der Waals surface area contributed by atoms with Gasteiger partial charge < -0.3 is 14.3 Å². The number of carbonyl (C=O) groups excluding carboxylic acids is 3. The van der Waals surface area contributed by atoms with Crippen molar-refractivity contribution in [1.82, 2.24) is 4.90 Å². The van der Waals surface area contributed by atoms with Crippen molar-refractivity contribution in [3.63, 3.8) is 0 Å². The van der Waals surface area contributed by atoms with Gasteiger partial charge in [-0.05, 0) is 39.2 Å². The van der Waals surface area contributed by atoms with Crippen LogP contribution < -0.4 is 0 Å². The van der Waals surface area contributed by atoms with Gasteiger partial charge in [-0.15, -0.1) is 0 Å². The lowest BCUT2D eigenvalue weighted by atomic mass is 9.98. The predicted octanol–water partition coefficient (Wildman–Crippen LogP) is 2.87. The number of aldehydes is 1. The van der Waals surface area contributed by atoms with Gasteiger partial charge in [-0.1, -0.05) is 30.3 Å². The zero-order valence-electron chi connectivity index (χ0n) is 14.4. The highest BCUT2D eigenvalue weighted by Crippen LogP contribution is 2.43. The van der Waals surface area contributed by atoms with E-state index in [-0.39, 0.29) is 6.42 Å². The van der Waals surface area contributed by atoms with E-state index in [1.807, 2.05) is 30.3 Å². The lowest BCUT2D eigenvalue weighted by Crippen LogP contribution is -2.56. The molecule has 6 heteroatoms. The van der Waals surface area contributed by atoms with Crippen LogP contribution in [0.5, 0.6) is 0 Å². The van der Waals surface area contributed by atoms with Gasteiger partial charge in [-0.25, -0.2) is 9.59 Å². The summed E-state index contributed by atoms with van der Waals surface area (Å²) in [5.74, 6) is -0.748. The maximum atomic E-state index is 12.8. The van der Waals surface area contributed by atoms with Gasteiger partial charge in [-0.2, -0.15) is 0 Å². The summed E-state index contributed by atoms with van der Waals surface area (Å²) >= 11 is 0. The number of nitrogens with zero attached hydrogens (tertiary/aromatic N) is 1. The maximum absolute atomic E-state index is 12.8. The van der Waals surface area contributed by atoms with Crippen LogP contribution in [0.15, 0.2) is 30.3 Å². The van der Waals surface area contributed by atoms with E-state index < -0.39 is 29.2 Å². The van der Waals surface area contributed by atoms with Crippen LogP contribution in [0.1, 0.15) is 45.2 Å². The topological polar surface area (TPSA) is 72.9 Å². The van der Waals surface area contributed by atoms with Gasteiger partial charge in [0.1, 0.15) is 5.60 Å². The quantitative estimate of drug-likeness (QED) is 0.483. The Labute approximate surface area is 141 Å². The molecule has 0 N–H and O–H groups in total. The molecule has 6 nitrogen and oxygen atoms in total. The van der Waals surface area contributed by atoms with E-state index in [9.17, 15) is 14.4 Å². The largest absolute Gasteiger partial charge is 0.467 e. The fourth-order valence-corrected chi connectivity index (χ4v) is 3.02. The van der Waals surface area contributed by atoms with Gasteiger partial charge in [0.25, 0.3) is 0 Å². The number of amides is 1. The summed E-state index contributed by atoms with van der Waals surface area (Å²) < 4.78 is 10.2. The molecule has 2 atom stereocenters. The van der Waals surface area contributed by atoms with Crippen molar-refractivity contribution >= 4 is 18.3 Å². The third kappa shape index (κ3) is 3.27. The van der Waals surface area contributed by atoms with Crippen LogP contribution in [0.2, 0.25) is 0 Å². The summed E-state index contributed by atoms with van der Waals surface area (Å²) in [4.78, 5) is 38.2. The van der Waals surface area contributed by atoms with E-state index in [2.05, 4.69) is 0 Å². The standard InChI is InChI=1S/C18H23NO5/c1-17(2,3)24-16(22)19-14(13-8-6-5-7-9-13)10-11-18(19,12-20)15(21)23-4/h5-9,12,14H,10-11H2,1-4H3/t14-,18-/m0/s1. The van der Waals surface area contributed by atoms with Crippen molar-refractivity contribution in [2.24, 2.45) is 0 Å². The third-order valence-corrected chi connectivity index (χ3v) is 4.05. The number of hydrogen-bond donors (Lipinski definition) is 0. The molecule has 2 rings (SSSR count). The lowest BCUT2D eigenvalue weighted by molar-refractivity contribution is -0.155. The normalized spacial score (nSPS) is 23.7. The molecule has 1 saturated heterocycles. The summed E-state index contributed by atoms with van der Waals surface area (Å²) in [6, 6.07) is 8.86. The van der Waals surface area contributed by atoms with Crippen molar-refractivity contribution in [2.45, 2.75) is 50.8 Å². The van der Waals surface area contributed by atoms with Gasteiger partial charge in [0.2, 0.25) is 0 Å². The van der Waals surface area contributed by atoms with Crippen molar-refractivity contribution in [2.75, 3.05) is 7.11 Å². The molecule has 0 unspecified atom stereocenters. The average Bonchev–Trinajstić information content (AvgIpc) is 2.94. The summed E-state index contributed by atoms with van der Waals surface area (Å²) in [6.07, 6.45) is 0.455. The summed E-state index contributed by atoms with van der Waals surface area (Å²) in [5.41, 5.74) is -1.56. The van der Waals surface area contributed by atoms with E-state index in [1.54, 1.807) is 20.8 Å². The molecule has 1 amide bonds. The molecule has 0 aliphatic carbocycles. The van der Waals surface area contributed by atoms with Crippen LogP contribution in [0.25, 0.3) is 0 Å². The first-order valence-electron chi connectivity index (χ1n) is 7.87. The lowest BCUT2D eigenvalue weighted by Gasteiger charge is -2.36. The minimum Gasteiger partial charge on any atom is -0.467 e. The first-order chi connectivity index (χ1) is 11.2. The fourth-order valence-electron chi connectivity index (χ4n) is 3.02. The Kier molecular flexibility index (Phi) is 4.96. The summed E-state index contributed by atoms with van der Waals surface area (Å²) in [5, 5.41) is 0. The zero-order valence-corrected chi connectivity index (χ0v) is 14.4. The Morgan fingerprint density at radius 3 is 2.38 bits per heavy atom. The van der Waals surface area contributed by atoms with Crippen LogP contribution in [0.4, 0.5) is 4.79 Å². The Bertz CT molecular complexity index is 622. The molecule has 0 spiro atoms. The second-order valence-corrected chi connectivity index (χ2v) is 6.85. The SMILES string of the molecule is COC(=O)[C@@]1(C=O)CC[C@@H](c2ccccc2)N1C(=O)OC(C)(C)C. The van der Waals surface area contributed by atoms with E-state index in [1.165, 1.54) is 12.0 Å². The molecular formula is C18H23NO5. The molecule has 1 heterocycles. The van der Waals surface area contributed by atoms with Crippen molar-refractivity contribution < 1.29 is 23.9 Å². The molecular weight excluding hydrogens is 310 g/mol. The minimum atomic E-state index is -1.66. The van der Waals surface area contributed by atoms with Crippen molar-refractivity contribution in [3.8, 4) is 0 Å². The number of rotatable bonds is 3. The Morgan fingerprint density at radius 2 is 1.88 bits per heavy atom. The predicted molar refractivity (Wildman–Crippen MR) is 87.3 cm³/mol. The molecule has 130 valence electrons. The Hall–Kier alpha value is -2.37. The van der Waals surface area contributed by atoms with Gasteiger partial charge in [0, 0.05) is 0 Å². The smallest absolute Gasteiger partial charge is 0.412 e. The molecule has 1 aromatic rings. The molecule has 0 aromatic heterocycles. The molecule has 1 aliphatic rings. The number of benzene rings is 1. The van der Waals surface area contributed by atoms with Crippen LogP contribution in [0.3, 0.4) is 0 Å². The molecule has 1 aliphatic heterocycles. The maximum Gasteiger partial charge on any atom is 0.412 e. The van der Waals surface area contributed by atoms with E-state index >= 15 is 0 Å². The minimum absolute atomic E-state index is 0.196. The van der Waals surface area contributed by atoms with Crippen LogP contribution >= 0.6 is 0 Å². The van der Waals surface area contributed by atoms with Gasteiger partial charge in [0.15, 0.2) is 11.8 Å². The van der Waals surface area contributed by atoms with Crippen LogP contribution in [0, 0.1) is 0 Å². The molecule has 24 heavy (non-hydrogen) atoms. The van der Waals surface area contributed by atoms with Crippen molar-refractivity contribution in [3.05, 3.63) is 35.9 Å². The number of carbonyl (C=O) groups is 3. The highest BCUT2D eigenvalue weighted by Gasteiger charge is 2.56. The summed E-state index contributed by atoms with van der Waals surface area (Å²) in [7, 11) is 1.21. The Balaban J connectivity index is 2.48. The van der Waals surface area contributed by atoms with Gasteiger partial charge in [-0.3, -0.25) is 4.90 Å². The first kappa shape index (κ1) is 18.0. The molecule has 1 fully saturated rings. The van der Waals surface area contributed by atoms with E-state index in [0.29, 0.717) is 12.7 Å². The summed E-state index contributed by atoms with van der Waals surface area (Å²) in [6.45, 7) is 5.21. The highest BCUT2D eigenvalue weighted by atomic mass is 16.6. The van der Waals surface area contributed by atoms with E-state index in [0.717, 1.165) is 5.56 Å². The Morgan fingerprint density at radius 1 is 1.25 bits per heavy atom. The fraction of sp³-hybridized carbons (Fsp3) is 0.500. The van der Waals surface area contributed by atoms with Gasteiger partial charge >= 0.3 is 12.1 Å². The van der Waals surface area contributed by atoms with E-state index in [4.69, 9.17) is 9.47 Å². The first-order valence-corrected chi connectivity index (χ1v) is 7.87. The number of hydrogen-bond acceptors (Lipinski definition) is 5. The highest BCUT2D eigenvalue weighted by molar-refractivity contribution is 6.02.